The van der Waals surface area contributed by atoms with E-state index < -0.39 is 5.91 Å². The predicted molar refractivity (Wildman–Crippen MR) is 61.0 cm³/mol. The van der Waals surface area contributed by atoms with Crippen molar-refractivity contribution in [2.45, 2.75) is 0 Å². The summed E-state index contributed by atoms with van der Waals surface area (Å²) in [6.45, 7) is 0. The molecule has 7 heteroatoms. The van der Waals surface area contributed by atoms with Gasteiger partial charge in [-0.1, -0.05) is 22.9 Å². The fourth-order valence-corrected chi connectivity index (χ4v) is 1.69. The second kappa shape index (κ2) is 4.46. The molecule has 2 rings (SSSR count). The van der Waals surface area contributed by atoms with E-state index in [2.05, 4.69) is 15.5 Å². The van der Waals surface area contributed by atoms with Gasteiger partial charge in [0.2, 0.25) is 5.13 Å². The number of phenolic OH excluding ortho intramolecular Hbond substituents is 1. The zero-order valence-electron chi connectivity index (χ0n) is 7.85. The maximum absolute atomic E-state index is 11.7. The van der Waals surface area contributed by atoms with Gasteiger partial charge in [0, 0.05) is 5.02 Å². The molecule has 2 N–H and O–H groups in total. The number of halogens is 1. The maximum Gasteiger partial charge on any atom is 0.261 e. The summed E-state index contributed by atoms with van der Waals surface area (Å²) in [4.78, 5) is 11.7. The van der Waals surface area contributed by atoms with Crippen LogP contribution in [0, 0.1) is 0 Å². The van der Waals surface area contributed by atoms with Gasteiger partial charge in [-0.15, -0.1) is 10.2 Å². The molecule has 1 heterocycles. The highest BCUT2D eigenvalue weighted by molar-refractivity contribution is 7.13. The summed E-state index contributed by atoms with van der Waals surface area (Å²) < 4.78 is 0. The van der Waals surface area contributed by atoms with Gasteiger partial charge in [0.15, 0.2) is 0 Å². The average Bonchev–Trinajstić information content (AvgIpc) is 2.74. The Hall–Kier alpha value is -1.66. The number of carbonyl (C=O) groups excluding carboxylic acids is 1. The number of rotatable bonds is 2. The molecule has 0 saturated heterocycles. The van der Waals surface area contributed by atoms with E-state index in [0.29, 0.717) is 10.2 Å². The zero-order chi connectivity index (χ0) is 11.5. The Labute approximate surface area is 99.7 Å². The van der Waals surface area contributed by atoms with Crippen molar-refractivity contribution < 1.29 is 9.90 Å². The number of benzene rings is 1. The van der Waals surface area contributed by atoms with Crippen LogP contribution >= 0.6 is 22.9 Å². The Balaban J connectivity index is 2.24. The van der Waals surface area contributed by atoms with Crippen molar-refractivity contribution in [1.82, 2.24) is 10.2 Å². The van der Waals surface area contributed by atoms with Gasteiger partial charge in [-0.05, 0) is 18.2 Å². The highest BCUT2D eigenvalue weighted by atomic mass is 35.5. The third-order valence-corrected chi connectivity index (χ3v) is 2.63. The Morgan fingerprint density at radius 2 is 2.31 bits per heavy atom. The van der Waals surface area contributed by atoms with E-state index >= 15 is 0 Å². The number of aromatic hydroxyl groups is 1. The van der Waals surface area contributed by atoms with Gasteiger partial charge in [0.1, 0.15) is 11.3 Å². The predicted octanol–water partition coefficient (Wildman–Crippen LogP) is 2.15. The molecule has 82 valence electrons. The largest absolute Gasteiger partial charge is 0.507 e. The number of amides is 1. The maximum atomic E-state index is 11.7. The number of hydrogen-bond donors (Lipinski definition) is 2. The lowest BCUT2D eigenvalue weighted by molar-refractivity contribution is 0.102. The lowest BCUT2D eigenvalue weighted by Gasteiger charge is -2.03. The third kappa shape index (κ3) is 2.29. The van der Waals surface area contributed by atoms with Crippen LogP contribution in [-0.4, -0.2) is 21.2 Å². The second-order valence-electron chi connectivity index (χ2n) is 2.86. The van der Waals surface area contributed by atoms with Gasteiger partial charge in [0.05, 0.1) is 5.56 Å². The molecular formula is C9H6ClN3O2S. The molecule has 0 radical (unpaired) electrons. The lowest BCUT2D eigenvalue weighted by Crippen LogP contribution is -2.11. The number of aromatic nitrogens is 2. The molecule has 0 atom stereocenters. The van der Waals surface area contributed by atoms with Crippen molar-refractivity contribution in [2.24, 2.45) is 0 Å². The van der Waals surface area contributed by atoms with Crippen LogP contribution in [0.3, 0.4) is 0 Å². The standard InChI is InChI=1S/C9H6ClN3O2S/c10-5-1-2-7(14)6(3-5)8(15)12-9-13-11-4-16-9/h1-4,14H,(H,12,13,15). The fraction of sp³-hybridized carbons (Fsp3) is 0. The number of anilines is 1. The summed E-state index contributed by atoms with van der Waals surface area (Å²) in [5.41, 5.74) is 1.59. The van der Waals surface area contributed by atoms with Crippen molar-refractivity contribution >= 4 is 34.0 Å². The highest BCUT2D eigenvalue weighted by Gasteiger charge is 2.12. The summed E-state index contributed by atoms with van der Waals surface area (Å²) in [7, 11) is 0. The lowest BCUT2D eigenvalue weighted by atomic mass is 10.2. The molecule has 16 heavy (non-hydrogen) atoms. The number of nitrogens with zero attached hydrogens (tertiary/aromatic N) is 2. The number of hydrogen-bond acceptors (Lipinski definition) is 5. The van der Waals surface area contributed by atoms with E-state index in [4.69, 9.17) is 11.6 Å². The minimum Gasteiger partial charge on any atom is -0.507 e. The highest BCUT2D eigenvalue weighted by Crippen LogP contribution is 2.22. The molecule has 0 unspecified atom stereocenters. The summed E-state index contributed by atoms with van der Waals surface area (Å²) >= 11 is 6.91. The Morgan fingerprint density at radius 1 is 1.50 bits per heavy atom. The van der Waals surface area contributed by atoms with Crippen LogP contribution < -0.4 is 5.32 Å². The van der Waals surface area contributed by atoms with Gasteiger partial charge >= 0.3 is 0 Å². The van der Waals surface area contributed by atoms with Gasteiger partial charge in [-0.25, -0.2) is 0 Å². The minimum absolute atomic E-state index is 0.0997. The molecule has 2 aromatic rings. The van der Waals surface area contributed by atoms with Crippen LogP contribution in [0.1, 0.15) is 10.4 Å². The molecule has 1 aromatic heterocycles. The summed E-state index contributed by atoms with van der Waals surface area (Å²) in [6.07, 6.45) is 0. The number of carbonyl (C=O) groups is 1. The molecule has 0 aliphatic carbocycles. The van der Waals surface area contributed by atoms with Gasteiger partial charge in [0.25, 0.3) is 5.91 Å². The first kappa shape index (κ1) is 10.8. The van der Waals surface area contributed by atoms with E-state index in [0.717, 1.165) is 0 Å². The van der Waals surface area contributed by atoms with Gasteiger partial charge in [-0.3, -0.25) is 10.1 Å². The molecule has 1 aromatic carbocycles. The van der Waals surface area contributed by atoms with E-state index in [9.17, 15) is 9.90 Å². The molecule has 1 amide bonds. The SMILES string of the molecule is O=C(Nc1nncs1)c1cc(Cl)ccc1O. The van der Waals surface area contributed by atoms with E-state index in [1.54, 1.807) is 0 Å². The van der Waals surface area contributed by atoms with Crippen LogP contribution in [0.2, 0.25) is 5.02 Å². The molecule has 0 aliphatic heterocycles. The Bertz CT molecular complexity index is 515. The van der Waals surface area contributed by atoms with Crippen molar-refractivity contribution in [3.8, 4) is 5.75 Å². The smallest absolute Gasteiger partial charge is 0.261 e. The van der Waals surface area contributed by atoms with Crippen LogP contribution in [0.25, 0.3) is 0 Å². The van der Waals surface area contributed by atoms with Crippen LogP contribution in [0.4, 0.5) is 5.13 Å². The molecule has 0 spiro atoms. The third-order valence-electron chi connectivity index (χ3n) is 1.78. The summed E-state index contributed by atoms with van der Waals surface area (Å²) in [5, 5.41) is 19.9. The summed E-state index contributed by atoms with van der Waals surface area (Å²) in [5.74, 6) is -0.608. The molecule has 0 fully saturated rings. The molecule has 0 aliphatic rings. The van der Waals surface area contributed by atoms with Crippen molar-refractivity contribution in [1.29, 1.82) is 0 Å². The molecule has 0 saturated carbocycles. The molecule has 0 bridgehead atoms. The first-order valence-corrected chi connectivity index (χ1v) is 5.48. The topological polar surface area (TPSA) is 75.1 Å². The Kier molecular flexibility index (Phi) is 3.02. The van der Waals surface area contributed by atoms with Gasteiger partial charge < -0.3 is 5.11 Å². The number of phenols is 1. The molecule has 5 nitrogen and oxygen atoms in total. The first-order valence-electron chi connectivity index (χ1n) is 4.23. The quantitative estimate of drug-likeness (QED) is 0.862. The Morgan fingerprint density at radius 3 is 3.00 bits per heavy atom. The van der Waals surface area contributed by atoms with E-state index in [1.807, 2.05) is 0 Å². The van der Waals surface area contributed by atoms with E-state index in [-0.39, 0.29) is 11.3 Å². The summed E-state index contributed by atoms with van der Waals surface area (Å²) in [6, 6.07) is 4.24. The normalized spacial score (nSPS) is 10.1. The van der Waals surface area contributed by atoms with Crippen molar-refractivity contribution in [3.63, 3.8) is 0 Å². The van der Waals surface area contributed by atoms with Crippen LogP contribution in [0.15, 0.2) is 23.7 Å². The fourth-order valence-electron chi connectivity index (χ4n) is 1.08. The number of nitrogens with one attached hydrogen (secondary N) is 1. The molecular weight excluding hydrogens is 250 g/mol. The van der Waals surface area contributed by atoms with Crippen LogP contribution in [0.5, 0.6) is 5.75 Å². The monoisotopic (exact) mass is 255 g/mol. The second-order valence-corrected chi connectivity index (χ2v) is 4.13. The average molecular weight is 256 g/mol. The van der Waals surface area contributed by atoms with E-state index in [1.165, 1.54) is 35.0 Å². The van der Waals surface area contributed by atoms with Crippen LogP contribution in [-0.2, 0) is 0 Å². The van der Waals surface area contributed by atoms with Crippen molar-refractivity contribution in [3.05, 3.63) is 34.3 Å². The first-order chi connectivity index (χ1) is 7.66. The van der Waals surface area contributed by atoms with Gasteiger partial charge in [-0.2, -0.15) is 0 Å². The minimum atomic E-state index is -0.475. The van der Waals surface area contributed by atoms with Crippen molar-refractivity contribution in [2.75, 3.05) is 5.32 Å². The zero-order valence-corrected chi connectivity index (χ0v) is 9.42.